The molecule has 0 bridgehead atoms. The molecule has 13 heteroatoms. The average molecular weight is 569 g/mol. The third-order valence-electron chi connectivity index (χ3n) is 6.39. The first kappa shape index (κ1) is 27.9. The van der Waals surface area contributed by atoms with Crippen molar-refractivity contribution in [3.63, 3.8) is 0 Å². The predicted molar refractivity (Wildman–Crippen MR) is 145 cm³/mol. The molecular weight excluding hydrogens is 544 g/mol. The van der Waals surface area contributed by atoms with E-state index in [1.807, 2.05) is 6.07 Å². The van der Waals surface area contributed by atoms with Gasteiger partial charge in [0.2, 0.25) is 17.7 Å². The van der Waals surface area contributed by atoms with E-state index in [2.05, 4.69) is 15.6 Å². The van der Waals surface area contributed by atoms with Gasteiger partial charge in [-0.05, 0) is 37.6 Å². The summed E-state index contributed by atoms with van der Waals surface area (Å²) in [5.41, 5.74) is 7.11. The van der Waals surface area contributed by atoms with Gasteiger partial charge in [-0.1, -0.05) is 41.9 Å². The van der Waals surface area contributed by atoms with E-state index in [1.165, 1.54) is 34.9 Å². The third-order valence-corrected chi connectivity index (χ3v) is 8.18. The van der Waals surface area contributed by atoms with E-state index < -0.39 is 58.5 Å². The second kappa shape index (κ2) is 11.0. The first-order valence-corrected chi connectivity index (χ1v) is 13.1. The van der Waals surface area contributed by atoms with Crippen LogP contribution in [0.2, 0.25) is 5.02 Å². The molecule has 0 saturated carbocycles. The number of halogens is 1. The van der Waals surface area contributed by atoms with Crippen molar-refractivity contribution in [3.8, 4) is 6.07 Å². The van der Waals surface area contributed by atoms with Crippen LogP contribution in [0.5, 0.6) is 0 Å². The Balaban J connectivity index is 1.47. The molecular formula is C26H25ClN6O5S. The van der Waals surface area contributed by atoms with Crippen LogP contribution in [-0.2, 0) is 19.2 Å². The lowest BCUT2D eigenvalue weighted by Crippen LogP contribution is -2.71. The Bertz CT molecular complexity index is 1410. The molecule has 0 spiro atoms. The maximum Gasteiger partial charge on any atom is 0.327 e. The smallest absolute Gasteiger partial charge is 0.327 e. The van der Waals surface area contributed by atoms with Crippen molar-refractivity contribution in [2.45, 2.75) is 42.1 Å². The van der Waals surface area contributed by atoms with Crippen molar-refractivity contribution in [1.29, 1.82) is 5.26 Å². The highest BCUT2D eigenvalue weighted by Gasteiger charge is 2.64. The molecule has 0 aliphatic carbocycles. The van der Waals surface area contributed by atoms with Crippen molar-refractivity contribution < 1.29 is 24.3 Å². The Kier molecular flexibility index (Phi) is 7.85. The highest BCUT2D eigenvalue weighted by Crippen LogP contribution is 2.50. The number of nitrogens with zero attached hydrogens (tertiary/aromatic N) is 3. The molecule has 39 heavy (non-hydrogen) atoms. The SMILES string of the molecule is CC1(C)S[C@@H]2[C@H](NC(=O)C(NC(=O)CN=C(N)c3cc(Cl)cc(C#N)c3)c3ccccc3)C(=O)N2[C@H]1C(=O)O. The third kappa shape index (κ3) is 5.69. The lowest BCUT2D eigenvalue weighted by Gasteiger charge is -2.44. The summed E-state index contributed by atoms with van der Waals surface area (Å²) in [6.45, 7) is 3.06. The number of amides is 3. The summed E-state index contributed by atoms with van der Waals surface area (Å²) in [7, 11) is 0. The number of nitrogens with one attached hydrogen (secondary N) is 2. The molecule has 11 nitrogen and oxygen atoms in total. The topological polar surface area (TPSA) is 178 Å². The molecule has 4 rings (SSSR count). The fourth-order valence-electron chi connectivity index (χ4n) is 4.58. The Hall–Kier alpha value is -4.08. The standard InChI is InChI=1S/C26H25ClN6O5S/c1-26(2)20(25(37)38)33-23(36)19(24(33)39-26)32-22(35)18(14-6-4-3-5-7-14)31-17(34)12-30-21(29)15-8-13(11-28)9-16(27)10-15/h3-10,18-20,24H,12H2,1-2H3,(H2,29,30)(H,31,34)(H,32,35)(H,37,38)/t18?,19-,20+,24-/m1/s1. The van der Waals surface area contributed by atoms with Crippen molar-refractivity contribution in [1.82, 2.24) is 15.5 Å². The summed E-state index contributed by atoms with van der Waals surface area (Å²) in [6, 6.07) is 11.8. The fourth-order valence-corrected chi connectivity index (χ4v) is 6.45. The van der Waals surface area contributed by atoms with Crippen LogP contribution in [0.4, 0.5) is 0 Å². The number of nitriles is 1. The Labute approximate surface area is 233 Å². The minimum atomic E-state index is -1.15. The molecule has 4 atom stereocenters. The number of thioether (sulfide) groups is 1. The zero-order valence-corrected chi connectivity index (χ0v) is 22.5. The van der Waals surface area contributed by atoms with Crippen molar-refractivity contribution in [3.05, 3.63) is 70.2 Å². The highest BCUT2D eigenvalue weighted by atomic mass is 35.5. The van der Waals surface area contributed by atoms with E-state index >= 15 is 0 Å². The number of nitrogens with two attached hydrogens (primary N) is 1. The number of benzene rings is 2. The monoisotopic (exact) mass is 568 g/mol. The number of aliphatic carboxylic acids is 1. The molecule has 2 heterocycles. The first-order valence-electron chi connectivity index (χ1n) is 11.8. The number of carbonyl (C=O) groups excluding carboxylic acids is 3. The van der Waals surface area contributed by atoms with Gasteiger partial charge in [0.1, 0.15) is 35.9 Å². The Morgan fingerprint density at radius 3 is 2.59 bits per heavy atom. The second-order valence-corrected chi connectivity index (χ2v) is 11.7. The van der Waals surface area contributed by atoms with Crippen LogP contribution in [0.1, 0.15) is 36.6 Å². The molecule has 1 unspecified atom stereocenters. The molecule has 0 radical (unpaired) electrons. The summed E-state index contributed by atoms with van der Waals surface area (Å²) in [5, 5.41) is 23.8. The average Bonchev–Trinajstić information content (AvgIpc) is 3.16. The normalized spacial score (nSPS) is 22.2. The largest absolute Gasteiger partial charge is 0.480 e. The molecule has 2 aromatic rings. The summed E-state index contributed by atoms with van der Waals surface area (Å²) < 4.78 is -0.742. The molecule has 0 aromatic heterocycles. The molecule has 3 amide bonds. The van der Waals surface area contributed by atoms with Gasteiger partial charge in [0, 0.05) is 15.3 Å². The quantitative estimate of drug-likeness (QED) is 0.210. The summed E-state index contributed by atoms with van der Waals surface area (Å²) >= 11 is 7.31. The molecule has 202 valence electrons. The van der Waals surface area contributed by atoms with Crippen LogP contribution >= 0.6 is 23.4 Å². The number of hydrogen-bond donors (Lipinski definition) is 4. The van der Waals surface area contributed by atoms with Gasteiger partial charge in [0.25, 0.3) is 0 Å². The number of amidine groups is 1. The lowest BCUT2D eigenvalue weighted by atomic mass is 9.95. The molecule has 2 saturated heterocycles. The van der Waals surface area contributed by atoms with Crippen molar-refractivity contribution >= 4 is 52.9 Å². The maximum atomic E-state index is 13.3. The van der Waals surface area contributed by atoms with Crippen LogP contribution in [0.15, 0.2) is 53.5 Å². The minimum Gasteiger partial charge on any atom is -0.480 e. The highest BCUT2D eigenvalue weighted by molar-refractivity contribution is 8.01. The van der Waals surface area contributed by atoms with Gasteiger partial charge >= 0.3 is 5.97 Å². The van der Waals surface area contributed by atoms with Crippen LogP contribution < -0.4 is 16.4 Å². The fraction of sp³-hybridized carbons (Fsp3) is 0.308. The van der Waals surface area contributed by atoms with Gasteiger partial charge in [-0.25, -0.2) is 4.79 Å². The predicted octanol–water partition coefficient (Wildman–Crippen LogP) is 1.41. The van der Waals surface area contributed by atoms with E-state index in [0.717, 1.165) is 0 Å². The van der Waals surface area contributed by atoms with Gasteiger partial charge in [-0.2, -0.15) is 5.26 Å². The van der Waals surface area contributed by atoms with Crippen molar-refractivity contribution in [2.24, 2.45) is 10.7 Å². The van der Waals surface area contributed by atoms with Gasteiger partial charge in [0.05, 0.1) is 11.6 Å². The van der Waals surface area contributed by atoms with E-state index in [-0.39, 0.29) is 16.4 Å². The van der Waals surface area contributed by atoms with E-state index in [0.29, 0.717) is 11.1 Å². The van der Waals surface area contributed by atoms with Crippen molar-refractivity contribution in [2.75, 3.05) is 6.54 Å². The number of fused-ring (bicyclic) bond motifs is 1. The number of carbonyl (C=O) groups is 4. The minimum absolute atomic E-state index is 0.0149. The number of carboxylic acids is 1. The maximum absolute atomic E-state index is 13.3. The van der Waals surface area contributed by atoms with Crippen LogP contribution in [0.25, 0.3) is 0 Å². The molecule has 5 N–H and O–H groups in total. The van der Waals surface area contributed by atoms with Crippen LogP contribution in [0.3, 0.4) is 0 Å². The first-order chi connectivity index (χ1) is 18.4. The number of hydrogen-bond acceptors (Lipinski definition) is 7. The van der Waals surface area contributed by atoms with Gasteiger partial charge in [-0.3, -0.25) is 19.4 Å². The summed E-state index contributed by atoms with van der Waals surface area (Å²) in [4.78, 5) is 56.1. The van der Waals surface area contributed by atoms with Crippen LogP contribution in [0, 0.1) is 11.3 Å². The van der Waals surface area contributed by atoms with Gasteiger partial charge in [-0.15, -0.1) is 11.8 Å². The van der Waals surface area contributed by atoms with E-state index in [9.17, 15) is 24.3 Å². The van der Waals surface area contributed by atoms with Gasteiger partial charge < -0.3 is 26.4 Å². The molecule has 2 fully saturated rings. The van der Waals surface area contributed by atoms with E-state index in [4.69, 9.17) is 22.6 Å². The molecule has 2 aliphatic rings. The molecule has 2 aliphatic heterocycles. The van der Waals surface area contributed by atoms with E-state index in [1.54, 1.807) is 44.2 Å². The molecule has 2 aromatic carbocycles. The van der Waals surface area contributed by atoms with Crippen LogP contribution in [-0.4, -0.2) is 68.3 Å². The zero-order valence-electron chi connectivity index (χ0n) is 20.9. The number of aliphatic imine (C=N–C) groups is 1. The number of β-lactam (4-membered cyclic amide) rings is 1. The zero-order chi connectivity index (χ0) is 28.5. The Morgan fingerprint density at radius 1 is 1.26 bits per heavy atom. The lowest BCUT2D eigenvalue weighted by molar-refractivity contribution is -0.161. The second-order valence-electron chi connectivity index (χ2n) is 9.54. The summed E-state index contributed by atoms with van der Waals surface area (Å²) in [5.74, 6) is -2.86. The number of rotatable bonds is 8. The van der Waals surface area contributed by atoms with Gasteiger partial charge in [0.15, 0.2) is 0 Å². The Morgan fingerprint density at radius 2 is 1.95 bits per heavy atom. The number of carboxylic acid groups (broad SMARTS) is 1. The summed E-state index contributed by atoms with van der Waals surface area (Å²) in [6.07, 6.45) is 0.